The first-order chi connectivity index (χ1) is 5.11. The number of hydrogen-bond donors (Lipinski definition) is 1. The maximum atomic E-state index is 5.72. The average molecular weight is 170 g/mol. The molecule has 2 N–H and O–H groups in total. The van der Waals surface area contributed by atoms with Crippen LogP contribution in [0, 0.1) is 0 Å². The number of nitrogens with two attached hydrogens (primary N) is 1. The highest BCUT2D eigenvalue weighted by atomic mass is 32.1. The molecule has 0 saturated carbocycles. The molecule has 0 aliphatic heterocycles. The molecule has 1 aromatic rings. The van der Waals surface area contributed by atoms with E-state index in [9.17, 15) is 0 Å². The maximum Gasteiger partial charge on any atom is 0.0906 e. The molecular formula is C8H14N2S. The Hall–Kier alpha value is -0.540. The largest absolute Gasteiger partial charge is 0.370 e. The highest BCUT2D eigenvalue weighted by Crippen LogP contribution is 2.27. The van der Waals surface area contributed by atoms with Gasteiger partial charge in [-0.1, -0.05) is 0 Å². The highest BCUT2D eigenvalue weighted by Gasteiger charge is 2.04. The second kappa shape index (κ2) is 3.24. The van der Waals surface area contributed by atoms with Crippen LogP contribution in [0.3, 0.4) is 0 Å². The Balaban J connectivity index is 2.82. The van der Waals surface area contributed by atoms with Gasteiger partial charge in [-0.25, -0.2) is 0 Å². The van der Waals surface area contributed by atoms with Crippen molar-refractivity contribution < 1.29 is 0 Å². The maximum absolute atomic E-state index is 5.72. The van der Waals surface area contributed by atoms with Crippen molar-refractivity contribution in [3.05, 3.63) is 17.0 Å². The molecule has 2 nitrogen and oxygen atoms in total. The van der Waals surface area contributed by atoms with Crippen molar-refractivity contribution in [2.75, 3.05) is 19.0 Å². The molecule has 62 valence electrons. The summed E-state index contributed by atoms with van der Waals surface area (Å²) in [5.74, 6) is 0. The minimum absolute atomic E-state index is 0.161. The third-order valence-corrected chi connectivity index (χ3v) is 2.96. The number of rotatable bonds is 2. The molecule has 1 aromatic heterocycles. The number of hydrogen-bond acceptors (Lipinski definition) is 3. The van der Waals surface area contributed by atoms with E-state index in [0.717, 1.165) is 0 Å². The van der Waals surface area contributed by atoms with Crippen LogP contribution < -0.4 is 10.6 Å². The van der Waals surface area contributed by atoms with Gasteiger partial charge < -0.3 is 10.6 Å². The van der Waals surface area contributed by atoms with Crippen LogP contribution in [0.25, 0.3) is 0 Å². The zero-order chi connectivity index (χ0) is 8.43. The monoisotopic (exact) mass is 170 g/mol. The SMILES string of the molecule is C[C@@H](N)c1ccc(N(C)C)s1. The Morgan fingerprint density at radius 2 is 2.09 bits per heavy atom. The van der Waals surface area contributed by atoms with Crippen molar-refractivity contribution in [1.82, 2.24) is 0 Å². The van der Waals surface area contributed by atoms with E-state index in [2.05, 4.69) is 17.0 Å². The second-order valence-corrected chi connectivity index (χ2v) is 3.95. The van der Waals surface area contributed by atoms with Crippen molar-refractivity contribution in [3.8, 4) is 0 Å². The Bertz CT molecular complexity index is 205. The summed E-state index contributed by atoms with van der Waals surface area (Å²) in [5, 5.41) is 1.26. The van der Waals surface area contributed by atoms with E-state index < -0.39 is 0 Å². The normalized spacial score (nSPS) is 13.1. The average Bonchev–Trinajstić information content (AvgIpc) is 2.33. The summed E-state index contributed by atoms with van der Waals surface area (Å²) < 4.78 is 0. The zero-order valence-corrected chi connectivity index (χ0v) is 7.98. The lowest BCUT2D eigenvalue weighted by molar-refractivity contribution is 0.838. The molecular weight excluding hydrogens is 156 g/mol. The summed E-state index contributed by atoms with van der Waals surface area (Å²) in [7, 11) is 4.08. The summed E-state index contributed by atoms with van der Waals surface area (Å²) in [4.78, 5) is 3.34. The highest BCUT2D eigenvalue weighted by molar-refractivity contribution is 7.16. The predicted octanol–water partition coefficient (Wildman–Crippen LogP) is 1.83. The Kier molecular flexibility index (Phi) is 2.52. The van der Waals surface area contributed by atoms with Gasteiger partial charge in [0, 0.05) is 25.0 Å². The quantitative estimate of drug-likeness (QED) is 0.733. The van der Waals surface area contributed by atoms with Crippen molar-refractivity contribution >= 4 is 16.3 Å². The molecule has 0 unspecified atom stereocenters. The van der Waals surface area contributed by atoms with Crippen LogP contribution in [0.1, 0.15) is 17.8 Å². The first-order valence-electron chi connectivity index (χ1n) is 3.64. The Morgan fingerprint density at radius 3 is 2.36 bits per heavy atom. The second-order valence-electron chi connectivity index (χ2n) is 2.86. The number of thiophene rings is 1. The molecule has 11 heavy (non-hydrogen) atoms. The van der Waals surface area contributed by atoms with Gasteiger partial charge in [-0.2, -0.15) is 0 Å². The van der Waals surface area contributed by atoms with Crippen molar-refractivity contribution in [2.24, 2.45) is 5.73 Å². The van der Waals surface area contributed by atoms with E-state index in [1.807, 2.05) is 21.0 Å². The van der Waals surface area contributed by atoms with Gasteiger partial charge >= 0.3 is 0 Å². The molecule has 0 radical (unpaired) electrons. The van der Waals surface area contributed by atoms with Crippen LogP contribution >= 0.6 is 11.3 Å². The third kappa shape index (κ3) is 1.94. The van der Waals surface area contributed by atoms with Gasteiger partial charge in [0.1, 0.15) is 0 Å². The van der Waals surface area contributed by atoms with Gasteiger partial charge in [-0.3, -0.25) is 0 Å². The molecule has 0 bridgehead atoms. The van der Waals surface area contributed by atoms with Crippen LogP contribution in [-0.4, -0.2) is 14.1 Å². The summed E-state index contributed by atoms with van der Waals surface area (Å²) in [6, 6.07) is 4.35. The molecule has 0 fully saturated rings. The molecule has 0 saturated heterocycles. The van der Waals surface area contributed by atoms with Crippen LogP contribution in [0.2, 0.25) is 0 Å². The van der Waals surface area contributed by atoms with Gasteiger partial charge in [0.15, 0.2) is 0 Å². The van der Waals surface area contributed by atoms with Crippen LogP contribution in [0.5, 0.6) is 0 Å². The van der Waals surface area contributed by atoms with E-state index in [4.69, 9.17) is 5.73 Å². The fourth-order valence-electron chi connectivity index (χ4n) is 0.827. The standard InChI is InChI=1S/C8H14N2S/c1-6(9)7-4-5-8(11-7)10(2)3/h4-6H,9H2,1-3H3/t6-/m1/s1. The van der Waals surface area contributed by atoms with Crippen LogP contribution in [0.15, 0.2) is 12.1 Å². The lowest BCUT2D eigenvalue weighted by Gasteiger charge is -2.07. The molecule has 1 atom stereocenters. The molecule has 3 heteroatoms. The molecule has 0 aliphatic carbocycles. The van der Waals surface area contributed by atoms with Gasteiger partial charge in [0.25, 0.3) is 0 Å². The van der Waals surface area contributed by atoms with Crippen molar-refractivity contribution in [2.45, 2.75) is 13.0 Å². The fourth-order valence-corrected chi connectivity index (χ4v) is 1.71. The van der Waals surface area contributed by atoms with Gasteiger partial charge in [-0.15, -0.1) is 11.3 Å². The molecule has 1 heterocycles. The predicted molar refractivity (Wildman–Crippen MR) is 51.2 cm³/mol. The van der Waals surface area contributed by atoms with Crippen molar-refractivity contribution in [1.29, 1.82) is 0 Å². The van der Waals surface area contributed by atoms with Crippen LogP contribution in [-0.2, 0) is 0 Å². The van der Waals surface area contributed by atoms with E-state index in [0.29, 0.717) is 0 Å². The molecule has 0 amide bonds. The summed E-state index contributed by atoms with van der Waals surface area (Å²) >= 11 is 1.75. The Morgan fingerprint density at radius 1 is 1.45 bits per heavy atom. The zero-order valence-electron chi connectivity index (χ0n) is 7.16. The van der Waals surface area contributed by atoms with Gasteiger partial charge in [0.2, 0.25) is 0 Å². The van der Waals surface area contributed by atoms with Crippen molar-refractivity contribution in [3.63, 3.8) is 0 Å². The number of nitrogens with zero attached hydrogens (tertiary/aromatic N) is 1. The van der Waals surface area contributed by atoms with E-state index in [-0.39, 0.29) is 6.04 Å². The Labute approximate surface area is 71.6 Å². The number of anilines is 1. The smallest absolute Gasteiger partial charge is 0.0906 e. The van der Waals surface area contributed by atoms with Gasteiger partial charge in [-0.05, 0) is 19.1 Å². The van der Waals surface area contributed by atoms with E-state index in [1.165, 1.54) is 9.88 Å². The minimum Gasteiger partial charge on any atom is -0.370 e. The molecule has 1 rings (SSSR count). The summed E-state index contributed by atoms with van der Waals surface area (Å²) in [6.07, 6.45) is 0. The topological polar surface area (TPSA) is 29.3 Å². The first-order valence-corrected chi connectivity index (χ1v) is 4.45. The minimum atomic E-state index is 0.161. The lowest BCUT2D eigenvalue weighted by atomic mass is 10.3. The molecule has 0 aliphatic rings. The fraction of sp³-hybridized carbons (Fsp3) is 0.500. The first kappa shape index (κ1) is 8.56. The van der Waals surface area contributed by atoms with Crippen LogP contribution in [0.4, 0.5) is 5.00 Å². The summed E-state index contributed by atoms with van der Waals surface area (Å²) in [5.41, 5.74) is 5.72. The van der Waals surface area contributed by atoms with Gasteiger partial charge in [0.05, 0.1) is 5.00 Å². The summed E-state index contributed by atoms with van der Waals surface area (Å²) in [6.45, 7) is 2.01. The van der Waals surface area contributed by atoms with E-state index >= 15 is 0 Å². The lowest BCUT2D eigenvalue weighted by Crippen LogP contribution is -2.06. The van der Waals surface area contributed by atoms with E-state index in [1.54, 1.807) is 11.3 Å². The molecule has 0 aromatic carbocycles. The molecule has 0 spiro atoms. The third-order valence-electron chi connectivity index (χ3n) is 1.50.